The van der Waals surface area contributed by atoms with Crippen molar-refractivity contribution in [3.63, 3.8) is 0 Å². The molecular formula is C21H15BrN4O5. The lowest BCUT2D eigenvalue weighted by atomic mass is 10.1. The van der Waals surface area contributed by atoms with E-state index in [2.05, 4.69) is 31.8 Å². The van der Waals surface area contributed by atoms with Crippen molar-refractivity contribution in [2.75, 3.05) is 5.32 Å². The first-order valence-electron chi connectivity index (χ1n) is 8.81. The van der Waals surface area contributed by atoms with Crippen LogP contribution < -0.4 is 10.7 Å². The molecule has 31 heavy (non-hydrogen) atoms. The minimum atomic E-state index is -0.579. The van der Waals surface area contributed by atoms with Gasteiger partial charge in [0.1, 0.15) is 5.75 Å². The van der Waals surface area contributed by atoms with E-state index in [0.717, 1.165) is 4.47 Å². The van der Waals surface area contributed by atoms with Crippen molar-refractivity contribution >= 4 is 45.3 Å². The predicted molar refractivity (Wildman–Crippen MR) is 118 cm³/mol. The lowest BCUT2D eigenvalue weighted by Gasteiger charge is -2.06. The van der Waals surface area contributed by atoms with Crippen molar-refractivity contribution in [3.05, 3.63) is 98.0 Å². The lowest BCUT2D eigenvalue weighted by Crippen LogP contribution is -2.18. The fraction of sp³-hybridized carbons (Fsp3) is 0. The SMILES string of the molecule is O=C(NN=Cc1cc(Br)ccc1O)c1ccc(NC(=O)c2cccc([N+](=O)[O-])c2)cc1. The zero-order valence-electron chi connectivity index (χ0n) is 15.8. The summed E-state index contributed by atoms with van der Waals surface area (Å²) in [6.07, 6.45) is 1.31. The second kappa shape index (κ2) is 9.63. The first-order chi connectivity index (χ1) is 14.8. The number of nitro benzene ring substituents is 1. The van der Waals surface area contributed by atoms with Crippen LogP contribution in [0.1, 0.15) is 26.3 Å². The Kier molecular flexibility index (Phi) is 6.73. The molecule has 0 saturated carbocycles. The second-order valence-electron chi connectivity index (χ2n) is 6.24. The zero-order chi connectivity index (χ0) is 22.4. The van der Waals surface area contributed by atoms with E-state index in [4.69, 9.17) is 0 Å². The van der Waals surface area contributed by atoms with Crippen molar-refractivity contribution in [3.8, 4) is 5.75 Å². The first-order valence-corrected chi connectivity index (χ1v) is 9.60. The predicted octanol–water partition coefficient (Wildman–Crippen LogP) is 4.08. The number of hydrogen-bond donors (Lipinski definition) is 3. The van der Waals surface area contributed by atoms with Crippen molar-refractivity contribution in [1.82, 2.24) is 5.43 Å². The smallest absolute Gasteiger partial charge is 0.271 e. The van der Waals surface area contributed by atoms with Crippen LogP contribution in [-0.2, 0) is 0 Å². The number of phenolic OH excluding ortho intramolecular Hbond substituents is 1. The Bertz CT molecular complexity index is 1180. The summed E-state index contributed by atoms with van der Waals surface area (Å²) in [6.45, 7) is 0. The van der Waals surface area contributed by atoms with Crippen LogP contribution in [0.25, 0.3) is 0 Å². The van der Waals surface area contributed by atoms with E-state index in [9.17, 15) is 24.8 Å². The number of phenols is 1. The van der Waals surface area contributed by atoms with Gasteiger partial charge in [-0.3, -0.25) is 19.7 Å². The number of carbonyl (C=O) groups is 2. The Labute approximate surface area is 184 Å². The largest absolute Gasteiger partial charge is 0.507 e. The summed E-state index contributed by atoms with van der Waals surface area (Å²) in [4.78, 5) is 34.7. The molecule has 0 spiro atoms. The third kappa shape index (κ3) is 5.73. The van der Waals surface area contributed by atoms with E-state index >= 15 is 0 Å². The minimum absolute atomic E-state index is 0.0186. The number of nitro groups is 1. The molecule has 0 aliphatic rings. The van der Waals surface area contributed by atoms with Crippen molar-refractivity contribution < 1.29 is 19.6 Å². The number of amides is 2. The number of halogens is 1. The summed E-state index contributed by atoms with van der Waals surface area (Å²) in [6, 6.07) is 16.2. The van der Waals surface area contributed by atoms with Crippen LogP contribution in [0, 0.1) is 10.1 Å². The highest BCUT2D eigenvalue weighted by Crippen LogP contribution is 2.20. The summed E-state index contributed by atoms with van der Waals surface area (Å²) in [5.41, 5.74) is 3.44. The van der Waals surface area contributed by atoms with Crippen LogP contribution in [0.5, 0.6) is 5.75 Å². The maximum Gasteiger partial charge on any atom is 0.271 e. The van der Waals surface area contributed by atoms with E-state index in [-0.39, 0.29) is 17.0 Å². The molecule has 3 aromatic carbocycles. The van der Waals surface area contributed by atoms with Gasteiger partial charge in [-0.1, -0.05) is 22.0 Å². The first kappa shape index (κ1) is 21.7. The number of carbonyl (C=O) groups excluding carboxylic acids is 2. The average Bonchev–Trinajstić information content (AvgIpc) is 2.76. The van der Waals surface area contributed by atoms with Crippen LogP contribution >= 0.6 is 15.9 Å². The van der Waals surface area contributed by atoms with Crippen LogP contribution in [0.2, 0.25) is 0 Å². The molecule has 0 radical (unpaired) electrons. The van der Waals surface area contributed by atoms with Crippen LogP contribution in [-0.4, -0.2) is 28.1 Å². The van der Waals surface area contributed by atoms with Crippen LogP contribution in [0.4, 0.5) is 11.4 Å². The molecule has 3 N–H and O–H groups in total. The van der Waals surface area contributed by atoms with Gasteiger partial charge in [-0.15, -0.1) is 0 Å². The maximum absolute atomic E-state index is 12.3. The monoisotopic (exact) mass is 482 g/mol. The Morgan fingerprint density at radius 3 is 2.45 bits per heavy atom. The highest BCUT2D eigenvalue weighted by atomic mass is 79.9. The summed E-state index contributed by atoms with van der Waals surface area (Å²) < 4.78 is 0.751. The van der Waals surface area contributed by atoms with Gasteiger partial charge in [0, 0.05) is 39.0 Å². The molecule has 0 heterocycles. The topological polar surface area (TPSA) is 134 Å². The van der Waals surface area contributed by atoms with E-state index < -0.39 is 16.7 Å². The summed E-state index contributed by atoms with van der Waals surface area (Å²) in [5, 5.41) is 27.0. The van der Waals surface area contributed by atoms with Crippen LogP contribution in [0.15, 0.2) is 76.3 Å². The molecule has 0 unspecified atom stereocenters. The highest BCUT2D eigenvalue weighted by molar-refractivity contribution is 9.10. The number of nitrogens with zero attached hydrogens (tertiary/aromatic N) is 2. The quantitative estimate of drug-likeness (QED) is 0.276. The second-order valence-corrected chi connectivity index (χ2v) is 7.16. The number of hydrazone groups is 1. The third-order valence-corrected chi connectivity index (χ3v) is 4.58. The van der Waals surface area contributed by atoms with E-state index in [1.165, 1.54) is 60.8 Å². The molecule has 0 atom stereocenters. The molecular weight excluding hydrogens is 468 g/mol. The summed E-state index contributed by atoms with van der Waals surface area (Å²) in [7, 11) is 0. The van der Waals surface area contributed by atoms with Gasteiger partial charge in [0.15, 0.2) is 0 Å². The van der Waals surface area contributed by atoms with E-state index in [0.29, 0.717) is 16.8 Å². The standard InChI is InChI=1S/C21H15BrN4O5/c22-16-6-9-19(27)15(10-16)12-23-25-21(29)13-4-7-17(8-5-13)24-20(28)14-2-1-3-18(11-14)26(30)31/h1-12,27H,(H,24,28)(H,25,29). The molecule has 0 aromatic heterocycles. The number of aromatic hydroxyl groups is 1. The zero-order valence-corrected chi connectivity index (χ0v) is 17.4. The molecule has 0 bridgehead atoms. The number of non-ortho nitro benzene ring substituents is 1. The van der Waals surface area contributed by atoms with Crippen LogP contribution in [0.3, 0.4) is 0 Å². The van der Waals surface area contributed by atoms with Gasteiger partial charge < -0.3 is 10.4 Å². The summed E-state index contributed by atoms with van der Waals surface area (Å²) >= 11 is 3.28. The molecule has 0 saturated heterocycles. The van der Waals surface area contributed by atoms with E-state index in [1.807, 2.05) is 0 Å². The fourth-order valence-corrected chi connectivity index (χ4v) is 2.90. The van der Waals surface area contributed by atoms with Gasteiger partial charge in [-0.25, -0.2) is 5.43 Å². The van der Waals surface area contributed by atoms with Gasteiger partial charge in [-0.05, 0) is 48.5 Å². The molecule has 156 valence electrons. The molecule has 0 aliphatic carbocycles. The van der Waals surface area contributed by atoms with Gasteiger partial charge >= 0.3 is 0 Å². The molecule has 10 heteroatoms. The van der Waals surface area contributed by atoms with Gasteiger partial charge in [-0.2, -0.15) is 5.10 Å². The van der Waals surface area contributed by atoms with Crippen molar-refractivity contribution in [2.45, 2.75) is 0 Å². The number of hydrogen-bond acceptors (Lipinski definition) is 6. The minimum Gasteiger partial charge on any atom is -0.507 e. The van der Waals surface area contributed by atoms with Gasteiger partial charge in [0.25, 0.3) is 17.5 Å². The normalized spacial score (nSPS) is 10.6. The van der Waals surface area contributed by atoms with Gasteiger partial charge in [0.2, 0.25) is 0 Å². The average molecular weight is 483 g/mol. The van der Waals surface area contributed by atoms with Gasteiger partial charge in [0.05, 0.1) is 11.1 Å². The number of anilines is 1. The fourth-order valence-electron chi connectivity index (χ4n) is 2.52. The lowest BCUT2D eigenvalue weighted by molar-refractivity contribution is -0.384. The number of benzene rings is 3. The third-order valence-electron chi connectivity index (χ3n) is 4.08. The maximum atomic E-state index is 12.3. The van der Waals surface area contributed by atoms with E-state index in [1.54, 1.807) is 12.1 Å². The number of nitrogens with one attached hydrogen (secondary N) is 2. The van der Waals surface area contributed by atoms with Crippen molar-refractivity contribution in [2.24, 2.45) is 5.10 Å². The Balaban J connectivity index is 1.61. The molecule has 9 nitrogen and oxygen atoms in total. The molecule has 0 fully saturated rings. The molecule has 0 aliphatic heterocycles. The number of rotatable bonds is 6. The highest BCUT2D eigenvalue weighted by Gasteiger charge is 2.12. The Hall–Kier alpha value is -4.05. The summed E-state index contributed by atoms with van der Waals surface area (Å²) in [5.74, 6) is -0.980. The molecule has 3 aromatic rings. The van der Waals surface area contributed by atoms with Crippen molar-refractivity contribution in [1.29, 1.82) is 0 Å². The Morgan fingerprint density at radius 1 is 1.00 bits per heavy atom. The molecule has 2 amide bonds. The molecule has 3 rings (SSSR count). The Morgan fingerprint density at radius 2 is 1.74 bits per heavy atom.